The highest BCUT2D eigenvalue weighted by molar-refractivity contribution is 7.12. The number of benzene rings is 2. The molecule has 3 aromatic heterocycles. The van der Waals surface area contributed by atoms with Crippen molar-refractivity contribution < 1.29 is 34.3 Å². The van der Waals surface area contributed by atoms with Crippen molar-refractivity contribution in [3.63, 3.8) is 0 Å². The predicted molar refractivity (Wildman–Crippen MR) is 212 cm³/mol. The molecule has 0 spiro atoms. The molecule has 0 bridgehead atoms. The van der Waals surface area contributed by atoms with E-state index in [9.17, 15) is 24.9 Å². The molecule has 0 amide bonds. The number of carbonyl (C=O) groups is 1. The molecule has 5 N–H and O–H groups in total. The molecule has 5 aromatic rings. The Bertz CT molecular complexity index is 2010. The second-order valence-corrected chi connectivity index (χ2v) is 15.9. The number of pyridine rings is 1. The van der Waals surface area contributed by atoms with E-state index in [1.807, 2.05) is 22.9 Å². The van der Waals surface area contributed by atoms with Crippen LogP contribution < -0.4 is 20.3 Å². The van der Waals surface area contributed by atoms with E-state index >= 15 is 0 Å². The van der Waals surface area contributed by atoms with Crippen LogP contribution in [0.2, 0.25) is 5.02 Å². The van der Waals surface area contributed by atoms with Crippen LogP contribution in [0.5, 0.6) is 17.2 Å². The lowest BCUT2D eigenvalue weighted by atomic mass is 9.91. The van der Waals surface area contributed by atoms with Gasteiger partial charge in [-0.3, -0.25) is 4.79 Å². The Balaban J connectivity index is 0.917. The van der Waals surface area contributed by atoms with Gasteiger partial charge in [-0.05, 0) is 98.8 Å². The number of nitrogens with zero attached hydrogens (tertiary/aromatic N) is 1. The number of aromatic amines is 1. The number of phenols is 1. The Kier molecular flexibility index (Phi) is 13.3. The highest BCUT2D eigenvalue weighted by Gasteiger charge is 2.45. The SMILES string of the molecule is COc1cc(OCCCCN(C)C2CCC(OC(=O)C(O)(c3cccs3)c3cccs3)CC2)c(Cl)cc1CNC[C@@H](O)c1ccc(O)c2[nH]c(=O)ccc12. The predicted octanol–water partition coefficient (Wildman–Crippen LogP) is 6.72. The van der Waals surface area contributed by atoms with Gasteiger partial charge in [0.25, 0.3) is 0 Å². The fourth-order valence-corrected chi connectivity index (χ4v) is 8.93. The van der Waals surface area contributed by atoms with Crippen molar-refractivity contribution in [2.75, 3.05) is 33.9 Å². The summed E-state index contributed by atoms with van der Waals surface area (Å²) in [4.78, 5) is 31.2. The minimum Gasteiger partial charge on any atom is -0.506 e. The molecular formula is C40H46ClN3O8S2. The van der Waals surface area contributed by atoms with Gasteiger partial charge >= 0.3 is 5.97 Å². The molecule has 6 rings (SSSR count). The molecule has 1 atom stereocenters. The standard InChI is InChI=1S/C40H46ClN3O8S2/c1-44(26-9-11-27(12-10-26)52-39(48)40(49,35-7-5-19-53-35)36-8-6-20-54-36)17-3-4-18-51-34-22-33(50-2)25(21-30(34)41)23-42-24-32(46)28-13-15-31(45)38-29(28)14-16-37(47)43-38/h5-8,13-16,19-22,26-27,32,42,45-46,49H,3-4,9-12,17-18,23-24H2,1-2H3,(H,43,47)/t26?,27?,32-/m1/s1. The van der Waals surface area contributed by atoms with Crippen LogP contribution in [-0.4, -0.2) is 77.2 Å². The molecule has 1 aliphatic carbocycles. The molecule has 0 aliphatic heterocycles. The molecule has 3 heterocycles. The van der Waals surface area contributed by atoms with Gasteiger partial charge in [0.05, 0.1) is 40.1 Å². The number of aliphatic hydroxyl groups excluding tert-OH is 1. The van der Waals surface area contributed by atoms with E-state index in [-0.39, 0.29) is 29.5 Å². The number of carbonyl (C=O) groups excluding carboxylic acids is 1. The molecular weight excluding hydrogens is 750 g/mol. The lowest BCUT2D eigenvalue weighted by Gasteiger charge is -2.35. The van der Waals surface area contributed by atoms with Gasteiger partial charge in [0.2, 0.25) is 11.2 Å². The van der Waals surface area contributed by atoms with Crippen molar-refractivity contribution in [3.8, 4) is 17.2 Å². The van der Waals surface area contributed by atoms with Crippen LogP contribution in [0, 0.1) is 0 Å². The highest BCUT2D eigenvalue weighted by atomic mass is 35.5. The number of esters is 1. The Morgan fingerprint density at radius 1 is 1.04 bits per heavy atom. The first-order chi connectivity index (χ1) is 26.1. The van der Waals surface area contributed by atoms with Crippen molar-refractivity contribution in [2.45, 2.75) is 68.9 Å². The lowest BCUT2D eigenvalue weighted by Crippen LogP contribution is -2.42. The number of methoxy groups -OCH3 is 1. The van der Waals surface area contributed by atoms with E-state index in [4.69, 9.17) is 25.8 Å². The van der Waals surface area contributed by atoms with Crippen molar-refractivity contribution in [1.29, 1.82) is 0 Å². The summed E-state index contributed by atoms with van der Waals surface area (Å²) in [5.74, 6) is 0.471. The number of unbranched alkanes of at least 4 members (excludes halogenated alkanes) is 1. The van der Waals surface area contributed by atoms with Gasteiger partial charge in [-0.2, -0.15) is 0 Å². The number of hydrogen-bond acceptors (Lipinski definition) is 12. The number of nitrogens with one attached hydrogen (secondary N) is 2. The normalized spacial score (nSPS) is 16.8. The maximum Gasteiger partial charge on any atom is 0.349 e. The van der Waals surface area contributed by atoms with E-state index in [2.05, 4.69) is 22.2 Å². The van der Waals surface area contributed by atoms with E-state index in [1.165, 1.54) is 34.8 Å². The number of aromatic hydroxyl groups is 1. The average molecular weight is 796 g/mol. The zero-order chi connectivity index (χ0) is 38.2. The van der Waals surface area contributed by atoms with E-state index in [0.29, 0.717) is 56.4 Å². The summed E-state index contributed by atoms with van der Waals surface area (Å²) in [6.45, 7) is 1.97. The minimum absolute atomic E-state index is 0.0621. The summed E-state index contributed by atoms with van der Waals surface area (Å²) < 4.78 is 17.6. The Labute approximate surface area is 327 Å². The molecule has 1 saturated carbocycles. The minimum atomic E-state index is -1.78. The first-order valence-electron chi connectivity index (χ1n) is 18.0. The van der Waals surface area contributed by atoms with Crippen LogP contribution in [0.3, 0.4) is 0 Å². The van der Waals surface area contributed by atoms with Crippen molar-refractivity contribution >= 4 is 51.1 Å². The van der Waals surface area contributed by atoms with E-state index < -0.39 is 17.7 Å². The molecule has 288 valence electrons. The lowest BCUT2D eigenvalue weighted by molar-refractivity contribution is -0.169. The number of aliphatic hydroxyl groups is 2. The highest BCUT2D eigenvalue weighted by Crippen LogP contribution is 2.38. The number of thiophene rings is 2. The number of aromatic nitrogens is 1. The number of hydrogen-bond donors (Lipinski definition) is 5. The van der Waals surface area contributed by atoms with Crippen LogP contribution in [-0.2, 0) is 21.7 Å². The molecule has 54 heavy (non-hydrogen) atoms. The smallest absolute Gasteiger partial charge is 0.349 e. The third-order valence-electron chi connectivity index (χ3n) is 10.0. The second-order valence-electron chi connectivity index (χ2n) is 13.6. The zero-order valence-electron chi connectivity index (χ0n) is 30.3. The zero-order valence-corrected chi connectivity index (χ0v) is 32.6. The molecule has 1 fully saturated rings. The van der Waals surface area contributed by atoms with Crippen LogP contribution in [0.1, 0.15) is 65.5 Å². The summed E-state index contributed by atoms with van der Waals surface area (Å²) in [6, 6.07) is 17.2. The number of phenolic OH excluding ortho intramolecular Hbond substituents is 1. The van der Waals surface area contributed by atoms with Crippen LogP contribution in [0.25, 0.3) is 10.9 Å². The van der Waals surface area contributed by atoms with Gasteiger partial charge in [0, 0.05) is 42.2 Å². The Hall–Kier alpha value is -3.95. The molecule has 0 unspecified atom stereocenters. The van der Waals surface area contributed by atoms with Crippen LogP contribution >= 0.6 is 34.3 Å². The third-order valence-corrected chi connectivity index (χ3v) is 12.3. The Morgan fingerprint density at radius 2 is 1.76 bits per heavy atom. The molecule has 1 aliphatic rings. The number of fused-ring (bicyclic) bond motifs is 1. The first kappa shape index (κ1) is 39.7. The van der Waals surface area contributed by atoms with Gasteiger partial charge < -0.3 is 44.7 Å². The van der Waals surface area contributed by atoms with Gasteiger partial charge in [-0.15, -0.1) is 22.7 Å². The second kappa shape index (κ2) is 18.1. The summed E-state index contributed by atoms with van der Waals surface area (Å²) in [7, 11) is 3.71. The summed E-state index contributed by atoms with van der Waals surface area (Å²) >= 11 is 9.30. The maximum absolute atomic E-state index is 13.4. The van der Waals surface area contributed by atoms with Crippen LogP contribution in [0.15, 0.2) is 76.2 Å². The molecule has 14 heteroatoms. The maximum atomic E-state index is 13.4. The number of H-pyrrole nitrogens is 1. The fourth-order valence-electron chi connectivity index (χ4n) is 6.98. The van der Waals surface area contributed by atoms with Crippen LogP contribution in [0.4, 0.5) is 0 Å². The molecule has 0 saturated heterocycles. The van der Waals surface area contributed by atoms with Crippen molar-refractivity contribution in [2.24, 2.45) is 0 Å². The molecule has 0 radical (unpaired) electrons. The van der Waals surface area contributed by atoms with Gasteiger partial charge in [0.1, 0.15) is 23.4 Å². The first-order valence-corrected chi connectivity index (χ1v) is 20.2. The summed E-state index contributed by atoms with van der Waals surface area (Å²) in [5, 5.41) is 40.6. The summed E-state index contributed by atoms with van der Waals surface area (Å²) in [5.41, 5.74) is -0.461. The van der Waals surface area contributed by atoms with Gasteiger partial charge in [-0.25, -0.2) is 4.79 Å². The number of rotatable bonds is 17. The molecule has 2 aromatic carbocycles. The van der Waals surface area contributed by atoms with E-state index in [0.717, 1.165) is 50.6 Å². The van der Waals surface area contributed by atoms with Gasteiger partial charge in [0.15, 0.2) is 0 Å². The number of ether oxygens (including phenoxy) is 3. The average Bonchev–Trinajstić information content (AvgIpc) is 3.92. The Morgan fingerprint density at radius 3 is 2.43 bits per heavy atom. The number of halogens is 1. The monoisotopic (exact) mass is 795 g/mol. The van der Waals surface area contributed by atoms with Crippen molar-refractivity contribution in [3.05, 3.63) is 108 Å². The third kappa shape index (κ3) is 9.11. The topological polar surface area (TPSA) is 154 Å². The quantitative estimate of drug-likeness (QED) is 0.0507. The van der Waals surface area contributed by atoms with Gasteiger partial charge in [-0.1, -0.05) is 29.8 Å². The van der Waals surface area contributed by atoms with Crippen molar-refractivity contribution in [1.82, 2.24) is 15.2 Å². The largest absolute Gasteiger partial charge is 0.506 e. The molecule has 11 nitrogen and oxygen atoms in total. The van der Waals surface area contributed by atoms with E-state index in [1.54, 1.807) is 43.5 Å². The fraction of sp³-hybridized carbons (Fsp3) is 0.400. The summed E-state index contributed by atoms with van der Waals surface area (Å²) in [6.07, 6.45) is 3.96.